The summed E-state index contributed by atoms with van der Waals surface area (Å²) < 4.78 is 0. The molecule has 1 aromatic rings. The van der Waals surface area contributed by atoms with E-state index in [1.165, 1.54) is 12.3 Å². The van der Waals surface area contributed by atoms with E-state index in [-0.39, 0.29) is 17.0 Å². The van der Waals surface area contributed by atoms with Gasteiger partial charge in [0.05, 0.1) is 0 Å². The highest BCUT2D eigenvalue weighted by atomic mass is 16.2. The molecule has 0 bridgehead atoms. The molecule has 1 heterocycles. The third kappa shape index (κ3) is 3.17. The van der Waals surface area contributed by atoms with Crippen molar-refractivity contribution < 1.29 is 4.79 Å². The van der Waals surface area contributed by atoms with E-state index in [0.717, 1.165) is 5.69 Å². The molecule has 1 unspecified atom stereocenters. The van der Waals surface area contributed by atoms with E-state index in [9.17, 15) is 9.59 Å². The lowest BCUT2D eigenvalue weighted by Gasteiger charge is -2.30. The van der Waals surface area contributed by atoms with Crippen LogP contribution < -0.4 is 16.5 Å². The van der Waals surface area contributed by atoms with Crippen molar-refractivity contribution in [3.05, 3.63) is 33.7 Å². The van der Waals surface area contributed by atoms with Crippen LogP contribution in [0, 0.1) is 6.92 Å². The van der Waals surface area contributed by atoms with Crippen LogP contribution in [0.3, 0.4) is 0 Å². The molecule has 0 saturated heterocycles. The van der Waals surface area contributed by atoms with Gasteiger partial charge in [-0.1, -0.05) is 0 Å². The van der Waals surface area contributed by atoms with Crippen LogP contribution >= 0.6 is 0 Å². The minimum Gasteiger partial charge on any atom is -0.364 e. The maximum atomic E-state index is 11.9. The van der Waals surface area contributed by atoms with Gasteiger partial charge in [-0.2, -0.15) is 0 Å². The van der Waals surface area contributed by atoms with Crippen molar-refractivity contribution in [3.63, 3.8) is 0 Å². The molecule has 5 nitrogen and oxygen atoms in total. The van der Waals surface area contributed by atoms with Crippen LogP contribution in [-0.4, -0.2) is 22.5 Å². The van der Waals surface area contributed by atoms with Gasteiger partial charge in [0, 0.05) is 29.5 Å². The number of hydrogen-bond donors (Lipinski definition) is 3. The Morgan fingerprint density at radius 1 is 1.53 bits per heavy atom. The van der Waals surface area contributed by atoms with E-state index in [1.807, 2.05) is 13.8 Å². The van der Waals surface area contributed by atoms with Crippen molar-refractivity contribution in [2.45, 2.75) is 39.3 Å². The Kier molecular flexibility index (Phi) is 3.72. The lowest BCUT2D eigenvalue weighted by atomic mass is 9.96. The highest BCUT2D eigenvalue weighted by molar-refractivity contribution is 5.94. The molecule has 1 amide bonds. The number of aryl methyl sites for hydroxylation is 1. The van der Waals surface area contributed by atoms with Crippen molar-refractivity contribution in [3.8, 4) is 0 Å². The molecule has 0 saturated carbocycles. The lowest BCUT2D eigenvalue weighted by Crippen LogP contribution is -2.55. The maximum absolute atomic E-state index is 11.9. The maximum Gasteiger partial charge on any atom is 0.257 e. The van der Waals surface area contributed by atoms with Gasteiger partial charge in [-0.15, -0.1) is 0 Å². The molecule has 5 heteroatoms. The first kappa shape index (κ1) is 13.4. The van der Waals surface area contributed by atoms with E-state index >= 15 is 0 Å². The summed E-state index contributed by atoms with van der Waals surface area (Å²) in [6.07, 6.45) is 1.42. The number of H-pyrrole nitrogens is 1. The second-order valence-corrected chi connectivity index (χ2v) is 4.86. The van der Waals surface area contributed by atoms with Gasteiger partial charge in [0.15, 0.2) is 5.43 Å². The van der Waals surface area contributed by atoms with Crippen LogP contribution in [-0.2, 0) is 0 Å². The zero-order chi connectivity index (χ0) is 13.2. The number of rotatable bonds is 3. The Morgan fingerprint density at radius 2 is 2.12 bits per heavy atom. The summed E-state index contributed by atoms with van der Waals surface area (Å²) >= 11 is 0. The average Bonchev–Trinajstić information content (AvgIpc) is 2.15. The third-order valence-corrected chi connectivity index (χ3v) is 2.88. The van der Waals surface area contributed by atoms with Gasteiger partial charge in [-0.25, -0.2) is 0 Å². The summed E-state index contributed by atoms with van der Waals surface area (Å²) in [7, 11) is 0. The van der Waals surface area contributed by atoms with Crippen molar-refractivity contribution in [2.75, 3.05) is 0 Å². The van der Waals surface area contributed by atoms with Crippen molar-refractivity contribution >= 4 is 5.91 Å². The van der Waals surface area contributed by atoms with Gasteiger partial charge in [0.2, 0.25) is 0 Å². The molecule has 0 aromatic carbocycles. The summed E-state index contributed by atoms with van der Waals surface area (Å²) in [6.45, 7) is 7.20. The second kappa shape index (κ2) is 4.71. The topological polar surface area (TPSA) is 88.0 Å². The minimum absolute atomic E-state index is 0.101. The fourth-order valence-corrected chi connectivity index (χ4v) is 1.22. The SMILES string of the molecule is Cc1cc(=O)c(C(=O)NC(C)(C)C(C)N)c[nH]1. The minimum atomic E-state index is -0.561. The number of hydrogen-bond acceptors (Lipinski definition) is 3. The van der Waals surface area contributed by atoms with Gasteiger partial charge in [-0.05, 0) is 27.7 Å². The molecule has 17 heavy (non-hydrogen) atoms. The summed E-state index contributed by atoms with van der Waals surface area (Å²) in [6, 6.07) is 1.18. The van der Waals surface area contributed by atoms with E-state index in [2.05, 4.69) is 10.3 Å². The number of carbonyl (C=O) groups is 1. The predicted molar refractivity (Wildman–Crippen MR) is 67.0 cm³/mol. The largest absolute Gasteiger partial charge is 0.364 e. The van der Waals surface area contributed by atoms with Crippen LogP contribution in [0.5, 0.6) is 0 Å². The normalized spacial score (nSPS) is 13.2. The molecule has 0 aliphatic carbocycles. The van der Waals surface area contributed by atoms with E-state index < -0.39 is 11.4 Å². The molecular formula is C12H19N3O2. The number of carbonyl (C=O) groups excluding carboxylic acids is 1. The van der Waals surface area contributed by atoms with E-state index in [0.29, 0.717) is 0 Å². The summed E-state index contributed by atoms with van der Waals surface area (Å²) in [5.74, 6) is -0.409. The Morgan fingerprint density at radius 3 is 2.59 bits per heavy atom. The third-order valence-electron chi connectivity index (χ3n) is 2.88. The Bertz CT molecular complexity index is 475. The van der Waals surface area contributed by atoms with Gasteiger partial charge in [0.1, 0.15) is 5.56 Å². The molecule has 0 aliphatic heterocycles. The van der Waals surface area contributed by atoms with Crippen LogP contribution in [0.15, 0.2) is 17.1 Å². The number of nitrogens with two attached hydrogens (primary N) is 1. The molecule has 4 N–H and O–H groups in total. The summed E-state index contributed by atoms with van der Waals surface area (Å²) in [5, 5.41) is 2.75. The molecule has 1 rings (SSSR count). The molecule has 1 atom stereocenters. The molecule has 0 fully saturated rings. The zero-order valence-electron chi connectivity index (χ0n) is 10.6. The molecule has 94 valence electrons. The Hall–Kier alpha value is -1.62. The number of nitrogens with one attached hydrogen (secondary N) is 2. The average molecular weight is 237 g/mol. The Balaban J connectivity index is 2.95. The van der Waals surface area contributed by atoms with E-state index in [4.69, 9.17) is 5.73 Å². The quantitative estimate of drug-likeness (QED) is 0.717. The van der Waals surface area contributed by atoms with Crippen LogP contribution in [0.2, 0.25) is 0 Å². The molecular weight excluding hydrogens is 218 g/mol. The number of pyridine rings is 1. The first-order valence-electron chi connectivity index (χ1n) is 5.51. The standard InChI is InChI=1S/C12H19N3O2/c1-7-5-10(16)9(6-14-7)11(17)15-12(3,4)8(2)13/h5-6,8H,13H2,1-4H3,(H,14,16)(H,15,17). The molecule has 0 aliphatic rings. The van der Waals surface area contributed by atoms with Crippen molar-refractivity contribution in [1.29, 1.82) is 0 Å². The van der Waals surface area contributed by atoms with Crippen LogP contribution in [0.25, 0.3) is 0 Å². The predicted octanol–water partition coefficient (Wildman–Crippen LogP) is 0.539. The molecule has 1 aromatic heterocycles. The smallest absolute Gasteiger partial charge is 0.257 e. The van der Waals surface area contributed by atoms with Gasteiger partial charge >= 0.3 is 0 Å². The summed E-state index contributed by atoms with van der Waals surface area (Å²) in [5.41, 5.74) is 5.73. The first-order valence-corrected chi connectivity index (χ1v) is 5.51. The van der Waals surface area contributed by atoms with Crippen molar-refractivity contribution in [1.82, 2.24) is 10.3 Å². The molecule has 0 radical (unpaired) electrons. The van der Waals surface area contributed by atoms with Crippen molar-refractivity contribution in [2.24, 2.45) is 5.73 Å². The highest BCUT2D eigenvalue weighted by Crippen LogP contribution is 2.07. The van der Waals surface area contributed by atoms with E-state index in [1.54, 1.807) is 13.8 Å². The van der Waals surface area contributed by atoms with Crippen LogP contribution in [0.1, 0.15) is 36.8 Å². The molecule has 0 spiro atoms. The first-order chi connectivity index (χ1) is 7.74. The van der Waals surface area contributed by atoms with Gasteiger partial charge in [0.25, 0.3) is 5.91 Å². The Labute approximate surface area is 100 Å². The van der Waals surface area contributed by atoms with Crippen LogP contribution in [0.4, 0.5) is 0 Å². The second-order valence-electron chi connectivity index (χ2n) is 4.86. The fourth-order valence-electron chi connectivity index (χ4n) is 1.22. The number of amides is 1. The number of aromatic nitrogens is 1. The lowest BCUT2D eigenvalue weighted by molar-refractivity contribution is 0.0902. The highest BCUT2D eigenvalue weighted by Gasteiger charge is 2.26. The fraction of sp³-hybridized carbons (Fsp3) is 0.500. The number of aromatic amines is 1. The van der Waals surface area contributed by atoms with Gasteiger partial charge < -0.3 is 16.0 Å². The monoisotopic (exact) mass is 237 g/mol. The zero-order valence-corrected chi connectivity index (χ0v) is 10.6. The van der Waals surface area contributed by atoms with Gasteiger partial charge in [-0.3, -0.25) is 9.59 Å². The summed E-state index contributed by atoms with van der Waals surface area (Å²) in [4.78, 5) is 26.4.